The van der Waals surface area contributed by atoms with E-state index in [0.29, 0.717) is 23.9 Å². The average molecular weight is 530 g/mol. The zero-order chi connectivity index (χ0) is 26.6. The van der Waals surface area contributed by atoms with E-state index in [1.54, 1.807) is 0 Å². The first-order valence-corrected chi connectivity index (χ1v) is 13.6. The summed E-state index contributed by atoms with van der Waals surface area (Å²) >= 11 is 6.04. The fraction of sp³-hybridized carbons (Fsp3) is 0.586. The largest absolute Gasteiger partial charge is 0.471 e. The van der Waals surface area contributed by atoms with E-state index in [0.717, 1.165) is 43.2 Å². The number of aliphatic hydroxyl groups excluding tert-OH is 1. The molecule has 0 unspecified atom stereocenters. The lowest BCUT2D eigenvalue weighted by Crippen LogP contribution is -2.52. The predicted octanol–water partition coefficient (Wildman–Crippen LogP) is 4.39. The molecule has 1 fully saturated rings. The van der Waals surface area contributed by atoms with Crippen molar-refractivity contribution in [2.75, 3.05) is 20.3 Å². The minimum absolute atomic E-state index is 0.0111. The van der Waals surface area contributed by atoms with Crippen LogP contribution < -0.4 is 15.4 Å². The molecule has 1 saturated carbocycles. The molecule has 1 spiro atoms. The van der Waals surface area contributed by atoms with E-state index in [-0.39, 0.29) is 29.6 Å². The van der Waals surface area contributed by atoms with E-state index < -0.39 is 12.1 Å². The van der Waals surface area contributed by atoms with Crippen molar-refractivity contribution >= 4 is 17.5 Å². The van der Waals surface area contributed by atoms with Gasteiger partial charge in [-0.3, -0.25) is 4.79 Å². The maximum atomic E-state index is 12.3. The lowest BCUT2D eigenvalue weighted by molar-refractivity contribution is -0.126. The topological polar surface area (TPSA) is 92.7 Å². The monoisotopic (exact) mass is 529 g/mol. The van der Waals surface area contributed by atoms with Crippen LogP contribution in [0.5, 0.6) is 5.88 Å². The predicted molar refractivity (Wildman–Crippen MR) is 145 cm³/mol. The van der Waals surface area contributed by atoms with Gasteiger partial charge in [-0.1, -0.05) is 44.5 Å². The third-order valence-electron chi connectivity index (χ3n) is 7.23. The highest BCUT2D eigenvalue weighted by atomic mass is 35.5. The second-order valence-electron chi connectivity index (χ2n) is 11.8. The summed E-state index contributed by atoms with van der Waals surface area (Å²) in [7, 11) is 1.48. The third-order valence-corrected chi connectivity index (χ3v) is 7.48. The number of amides is 1. The van der Waals surface area contributed by atoms with Crippen LogP contribution in [0.4, 0.5) is 0 Å². The van der Waals surface area contributed by atoms with Crippen LogP contribution in [0.25, 0.3) is 0 Å². The van der Waals surface area contributed by atoms with Crippen molar-refractivity contribution < 1.29 is 19.4 Å². The van der Waals surface area contributed by atoms with Crippen LogP contribution in [-0.4, -0.2) is 54.0 Å². The van der Waals surface area contributed by atoms with Gasteiger partial charge in [0.2, 0.25) is 11.8 Å². The molecule has 3 N–H and O–H groups in total. The molecule has 2 aliphatic rings. The number of ether oxygens (including phenoxy) is 2. The van der Waals surface area contributed by atoms with Crippen LogP contribution in [0.2, 0.25) is 5.02 Å². The Kier molecular flexibility index (Phi) is 8.79. The van der Waals surface area contributed by atoms with Crippen LogP contribution in [0.1, 0.15) is 69.2 Å². The molecular weight excluding hydrogens is 490 g/mol. The van der Waals surface area contributed by atoms with Gasteiger partial charge in [0.25, 0.3) is 0 Å². The summed E-state index contributed by atoms with van der Waals surface area (Å²) in [5, 5.41) is 18.4. The summed E-state index contributed by atoms with van der Waals surface area (Å²) in [4.78, 5) is 17.1. The van der Waals surface area contributed by atoms with Gasteiger partial charge in [0.05, 0.1) is 12.1 Å². The second kappa shape index (κ2) is 11.7. The molecule has 1 aromatic heterocycles. The quantitative estimate of drug-likeness (QED) is 0.422. The number of halogens is 1. The number of carbonyl (C=O) groups excluding carboxylic acids is 1. The molecule has 3 atom stereocenters. The standard InChI is InChI=1S/C29H40ClN3O4/c1-28(2,3)14-20-12-22-24(15-29(10-5-11-29)37-27(22)32-16-20)31-17-25(34)23(33-26(35)18-36-4)13-19-6-8-21(30)9-7-19/h6-9,12,16,23-25,31,34H,5,10-11,13-15,17-18H2,1-4H3,(H,33,35)/t23-,24-,25+/m0/s1. The SMILES string of the molecule is COCC(=O)N[C@@H](Cc1ccc(Cl)cc1)[C@H](O)CN[C@H]1CC2(CCC2)Oc2ncc(CC(C)(C)C)cc21. The number of fused-ring (bicyclic) bond motifs is 1. The molecule has 7 nitrogen and oxygen atoms in total. The third kappa shape index (κ3) is 7.44. The van der Waals surface area contributed by atoms with Crippen LogP contribution in [0, 0.1) is 5.41 Å². The Morgan fingerprint density at radius 1 is 1.27 bits per heavy atom. The lowest BCUT2D eigenvalue weighted by Gasteiger charge is -2.47. The van der Waals surface area contributed by atoms with Gasteiger partial charge in [0.15, 0.2) is 0 Å². The van der Waals surface area contributed by atoms with E-state index in [9.17, 15) is 9.90 Å². The van der Waals surface area contributed by atoms with Gasteiger partial charge in [-0.25, -0.2) is 4.98 Å². The molecular formula is C29H40ClN3O4. The van der Waals surface area contributed by atoms with Crippen molar-refractivity contribution in [3.05, 3.63) is 58.2 Å². The molecule has 8 heteroatoms. The molecule has 1 aliphatic heterocycles. The highest BCUT2D eigenvalue weighted by molar-refractivity contribution is 6.30. The van der Waals surface area contributed by atoms with Crippen molar-refractivity contribution in [1.82, 2.24) is 15.6 Å². The zero-order valence-electron chi connectivity index (χ0n) is 22.4. The molecule has 2 heterocycles. The highest BCUT2D eigenvalue weighted by Crippen LogP contribution is 2.48. The number of methoxy groups -OCH3 is 1. The lowest BCUT2D eigenvalue weighted by atomic mass is 9.73. The second-order valence-corrected chi connectivity index (χ2v) is 12.2. The smallest absolute Gasteiger partial charge is 0.246 e. The van der Waals surface area contributed by atoms with Gasteiger partial charge >= 0.3 is 0 Å². The molecule has 1 amide bonds. The van der Waals surface area contributed by atoms with Crippen molar-refractivity contribution in [1.29, 1.82) is 0 Å². The van der Waals surface area contributed by atoms with Gasteiger partial charge in [-0.05, 0) is 66.8 Å². The fourth-order valence-electron chi connectivity index (χ4n) is 5.29. The highest BCUT2D eigenvalue weighted by Gasteiger charge is 2.46. The summed E-state index contributed by atoms with van der Waals surface area (Å²) in [6, 6.07) is 9.18. The van der Waals surface area contributed by atoms with Crippen LogP contribution >= 0.6 is 11.6 Å². The minimum Gasteiger partial charge on any atom is -0.471 e. The minimum atomic E-state index is -0.814. The van der Waals surface area contributed by atoms with Crippen molar-refractivity contribution in [3.8, 4) is 5.88 Å². The summed E-state index contributed by atoms with van der Waals surface area (Å²) in [6.07, 6.45) is 6.54. The van der Waals surface area contributed by atoms with Gasteiger partial charge in [-0.15, -0.1) is 0 Å². The maximum Gasteiger partial charge on any atom is 0.246 e. The Labute approximate surface area is 225 Å². The number of benzene rings is 1. The van der Waals surface area contributed by atoms with Crippen molar-refractivity contribution in [2.45, 2.75) is 83.1 Å². The first-order valence-electron chi connectivity index (χ1n) is 13.2. The van der Waals surface area contributed by atoms with Gasteiger partial charge in [0.1, 0.15) is 12.2 Å². The molecule has 0 bridgehead atoms. The van der Waals surface area contributed by atoms with Crippen LogP contribution in [0.15, 0.2) is 36.5 Å². The van der Waals surface area contributed by atoms with Crippen LogP contribution in [0.3, 0.4) is 0 Å². The normalized spacial score (nSPS) is 19.9. The number of nitrogens with zero attached hydrogens (tertiary/aromatic N) is 1. The summed E-state index contributed by atoms with van der Waals surface area (Å²) in [6.45, 7) is 6.91. The van der Waals surface area contributed by atoms with E-state index >= 15 is 0 Å². The number of rotatable bonds is 10. The first-order chi connectivity index (χ1) is 17.6. The number of aromatic nitrogens is 1. The summed E-state index contributed by atoms with van der Waals surface area (Å²) in [5.74, 6) is 0.433. The number of aliphatic hydroxyl groups is 1. The van der Waals surface area contributed by atoms with E-state index in [2.05, 4.69) is 37.5 Å². The fourth-order valence-corrected chi connectivity index (χ4v) is 5.42. The Hall–Kier alpha value is -2.19. The van der Waals surface area contributed by atoms with Crippen molar-refractivity contribution in [2.24, 2.45) is 5.41 Å². The molecule has 2 aromatic rings. The average Bonchev–Trinajstić information content (AvgIpc) is 2.81. The van der Waals surface area contributed by atoms with E-state index in [1.165, 1.54) is 12.7 Å². The summed E-state index contributed by atoms with van der Waals surface area (Å²) in [5.41, 5.74) is 3.17. The molecule has 1 aromatic carbocycles. The number of nitrogens with one attached hydrogen (secondary N) is 2. The number of carbonyl (C=O) groups is 1. The number of hydrogen-bond acceptors (Lipinski definition) is 6. The van der Waals surface area contributed by atoms with Gasteiger partial charge in [-0.2, -0.15) is 0 Å². The molecule has 1 aliphatic carbocycles. The zero-order valence-corrected chi connectivity index (χ0v) is 23.1. The van der Waals surface area contributed by atoms with Crippen molar-refractivity contribution in [3.63, 3.8) is 0 Å². The first kappa shape index (κ1) is 27.8. The van der Waals surface area contributed by atoms with Gasteiger partial charge < -0.3 is 25.2 Å². The maximum absolute atomic E-state index is 12.3. The summed E-state index contributed by atoms with van der Waals surface area (Å²) < 4.78 is 11.4. The molecule has 0 saturated heterocycles. The Bertz CT molecular complexity index is 1070. The molecule has 202 valence electrons. The van der Waals surface area contributed by atoms with Crippen LogP contribution in [-0.2, 0) is 22.4 Å². The molecule has 37 heavy (non-hydrogen) atoms. The molecule has 4 rings (SSSR count). The Balaban J connectivity index is 1.50. The van der Waals surface area contributed by atoms with E-state index in [1.807, 2.05) is 30.5 Å². The number of pyridine rings is 1. The molecule has 0 radical (unpaired) electrons. The van der Waals surface area contributed by atoms with E-state index in [4.69, 9.17) is 26.1 Å². The number of hydrogen-bond donors (Lipinski definition) is 3. The Morgan fingerprint density at radius 3 is 2.62 bits per heavy atom. The Morgan fingerprint density at radius 2 is 2.00 bits per heavy atom. The van der Waals surface area contributed by atoms with Gasteiger partial charge in [0, 0.05) is 42.9 Å².